The summed E-state index contributed by atoms with van der Waals surface area (Å²) in [6.45, 7) is 7.00. The third-order valence-electron chi connectivity index (χ3n) is 8.31. The zero-order chi connectivity index (χ0) is 33.3. The number of aliphatic carboxylic acids is 1. The van der Waals surface area contributed by atoms with E-state index in [0.717, 1.165) is 37.1 Å². The lowest BCUT2D eigenvalue weighted by atomic mass is 9.96. The summed E-state index contributed by atoms with van der Waals surface area (Å²) >= 11 is 12.6. The Kier molecular flexibility index (Phi) is 11.8. The number of hydrogen-bond donors (Lipinski definition) is 2. The Morgan fingerprint density at radius 2 is 1.62 bits per heavy atom. The molecule has 0 atom stereocenters. The normalized spacial score (nSPS) is 15.8. The molecule has 250 valence electrons. The molecule has 0 bridgehead atoms. The number of carbonyl (C=O) groups is 3. The maximum absolute atomic E-state index is 12.4. The van der Waals surface area contributed by atoms with Crippen LogP contribution in [0.25, 0.3) is 11.3 Å². The first-order chi connectivity index (χ1) is 22.6. The number of likely N-dealkylation sites (tertiary alicyclic amines) is 1. The summed E-state index contributed by atoms with van der Waals surface area (Å²) in [5, 5.41) is 12.8. The number of pyridine rings is 1. The van der Waals surface area contributed by atoms with Gasteiger partial charge in [0.05, 0.1) is 18.1 Å². The predicted molar refractivity (Wildman–Crippen MR) is 179 cm³/mol. The Hall–Kier alpha value is -4.00. The number of carboxylic acids is 1. The van der Waals surface area contributed by atoms with Crippen LogP contribution in [0.15, 0.2) is 42.7 Å². The summed E-state index contributed by atoms with van der Waals surface area (Å²) in [6, 6.07) is 9.25. The second-order valence-corrected chi connectivity index (χ2v) is 12.8. The number of benzene rings is 1. The van der Waals surface area contributed by atoms with Gasteiger partial charge in [0, 0.05) is 80.7 Å². The molecule has 1 aromatic carbocycles. The fourth-order valence-corrected chi connectivity index (χ4v) is 6.32. The molecule has 4 heterocycles. The average Bonchev–Trinajstić information content (AvgIpc) is 3.04. The van der Waals surface area contributed by atoms with E-state index in [-0.39, 0.29) is 24.7 Å². The molecular formula is C33H39Cl2N7O5. The average molecular weight is 685 g/mol. The second kappa shape index (κ2) is 16.2. The minimum Gasteiger partial charge on any atom is -0.481 e. The third-order valence-corrected chi connectivity index (χ3v) is 8.74. The molecule has 5 rings (SSSR count). The van der Waals surface area contributed by atoms with Gasteiger partial charge in [-0.1, -0.05) is 23.2 Å². The summed E-state index contributed by atoms with van der Waals surface area (Å²) < 4.78 is 6.17. The summed E-state index contributed by atoms with van der Waals surface area (Å²) in [4.78, 5) is 54.4. The Labute approximate surface area is 284 Å². The lowest BCUT2D eigenvalue weighted by molar-refractivity contribution is -0.137. The highest BCUT2D eigenvalue weighted by molar-refractivity contribution is 6.35. The van der Waals surface area contributed by atoms with Gasteiger partial charge in [-0.15, -0.1) is 0 Å². The van der Waals surface area contributed by atoms with Crippen molar-refractivity contribution in [1.82, 2.24) is 30.1 Å². The van der Waals surface area contributed by atoms with Gasteiger partial charge in [-0.05, 0) is 68.1 Å². The minimum absolute atomic E-state index is 0.00394. The van der Waals surface area contributed by atoms with Crippen LogP contribution in [0.3, 0.4) is 0 Å². The van der Waals surface area contributed by atoms with Crippen molar-refractivity contribution in [3.63, 3.8) is 0 Å². The van der Waals surface area contributed by atoms with Crippen LogP contribution in [-0.4, -0.2) is 93.5 Å². The molecule has 47 heavy (non-hydrogen) atoms. The summed E-state index contributed by atoms with van der Waals surface area (Å²) in [5.74, 6) is 0.906. The number of hydrogen-bond acceptors (Lipinski definition) is 9. The number of anilines is 1. The molecule has 0 unspecified atom stereocenters. The van der Waals surface area contributed by atoms with E-state index in [4.69, 9.17) is 38.0 Å². The fraction of sp³-hybridized carbons (Fsp3) is 0.455. The fourth-order valence-electron chi connectivity index (χ4n) is 5.80. The van der Waals surface area contributed by atoms with Gasteiger partial charge in [-0.25, -0.2) is 15.0 Å². The van der Waals surface area contributed by atoms with Crippen molar-refractivity contribution < 1.29 is 24.2 Å². The number of halogens is 2. The van der Waals surface area contributed by atoms with Crippen LogP contribution in [0.4, 0.5) is 5.95 Å². The van der Waals surface area contributed by atoms with Gasteiger partial charge in [0.25, 0.3) is 0 Å². The molecule has 12 nitrogen and oxygen atoms in total. The number of piperidine rings is 1. The van der Waals surface area contributed by atoms with Crippen LogP contribution in [0.2, 0.25) is 10.0 Å². The van der Waals surface area contributed by atoms with Crippen molar-refractivity contribution in [3.8, 4) is 22.9 Å². The summed E-state index contributed by atoms with van der Waals surface area (Å²) in [7, 11) is 0. The SMILES string of the molecule is CC(=O)NCC1CCN(Cc2cc(Oc3cnc(N4CCN(C(=O)CCCC(=O)O)CC4)nc3)nc(-c3cc(Cl)cc(Cl)c3)c2)CC1. The maximum atomic E-state index is 12.4. The number of carboxylic acid groups (broad SMARTS) is 1. The molecule has 14 heteroatoms. The monoisotopic (exact) mass is 683 g/mol. The molecule has 3 aromatic rings. The number of aromatic nitrogens is 3. The molecule has 0 saturated carbocycles. The van der Waals surface area contributed by atoms with Crippen LogP contribution >= 0.6 is 23.2 Å². The lowest BCUT2D eigenvalue weighted by Gasteiger charge is -2.34. The van der Waals surface area contributed by atoms with E-state index >= 15 is 0 Å². The van der Waals surface area contributed by atoms with Crippen molar-refractivity contribution in [2.75, 3.05) is 50.7 Å². The van der Waals surface area contributed by atoms with E-state index in [0.29, 0.717) is 84.9 Å². The maximum Gasteiger partial charge on any atom is 0.303 e. The quantitative estimate of drug-likeness (QED) is 0.271. The van der Waals surface area contributed by atoms with Gasteiger partial charge in [-0.3, -0.25) is 19.3 Å². The van der Waals surface area contributed by atoms with Gasteiger partial charge in [0.2, 0.25) is 23.6 Å². The summed E-state index contributed by atoms with van der Waals surface area (Å²) in [6.07, 6.45) is 5.79. The Balaban J connectivity index is 1.24. The molecule has 2 amide bonds. The van der Waals surface area contributed by atoms with E-state index in [9.17, 15) is 14.4 Å². The van der Waals surface area contributed by atoms with Crippen LogP contribution in [-0.2, 0) is 20.9 Å². The van der Waals surface area contributed by atoms with Gasteiger partial charge in [0.1, 0.15) is 0 Å². The van der Waals surface area contributed by atoms with Crippen LogP contribution in [0.1, 0.15) is 44.6 Å². The number of amides is 2. The highest BCUT2D eigenvalue weighted by Crippen LogP contribution is 2.31. The van der Waals surface area contributed by atoms with E-state index in [1.54, 1.807) is 30.3 Å². The molecule has 0 spiro atoms. The molecule has 2 aliphatic rings. The number of piperazine rings is 1. The van der Waals surface area contributed by atoms with E-state index in [1.807, 2.05) is 29.2 Å². The van der Waals surface area contributed by atoms with Crippen LogP contribution in [0.5, 0.6) is 11.6 Å². The minimum atomic E-state index is -0.894. The number of nitrogens with one attached hydrogen (secondary N) is 1. The summed E-state index contributed by atoms with van der Waals surface area (Å²) in [5.41, 5.74) is 2.47. The smallest absolute Gasteiger partial charge is 0.303 e. The van der Waals surface area contributed by atoms with Crippen molar-refractivity contribution in [3.05, 3.63) is 58.3 Å². The molecule has 0 aliphatic carbocycles. The van der Waals surface area contributed by atoms with E-state index < -0.39 is 5.97 Å². The van der Waals surface area contributed by atoms with Gasteiger partial charge in [-0.2, -0.15) is 0 Å². The molecule has 0 radical (unpaired) electrons. The zero-order valence-corrected chi connectivity index (χ0v) is 27.8. The highest BCUT2D eigenvalue weighted by atomic mass is 35.5. The molecular weight excluding hydrogens is 645 g/mol. The standard InChI is InChI=1S/C33H39Cl2N7O5/c1-22(43)36-18-23-5-7-40(8-6-23)21-24-13-29(25-15-26(34)17-27(35)16-25)39-30(14-24)47-28-19-37-33(38-20-28)42-11-9-41(10-12-42)31(44)3-2-4-32(45)46/h13-17,19-20,23H,2-12,18,21H2,1H3,(H,36,43)(H,45,46). The zero-order valence-electron chi connectivity index (χ0n) is 26.3. The second-order valence-electron chi connectivity index (χ2n) is 11.9. The third kappa shape index (κ3) is 10.2. The molecule has 2 aliphatic heterocycles. The largest absolute Gasteiger partial charge is 0.481 e. The number of carbonyl (C=O) groups excluding carboxylic acids is 2. The molecule has 2 N–H and O–H groups in total. The van der Waals surface area contributed by atoms with Gasteiger partial charge in [0.15, 0.2) is 5.75 Å². The first kappa shape index (κ1) is 34.3. The van der Waals surface area contributed by atoms with Crippen molar-refractivity contribution in [2.24, 2.45) is 5.92 Å². The highest BCUT2D eigenvalue weighted by Gasteiger charge is 2.23. The molecule has 2 saturated heterocycles. The first-order valence-electron chi connectivity index (χ1n) is 15.8. The predicted octanol–water partition coefficient (Wildman–Crippen LogP) is 4.89. The topological polar surface area (TPSA) is 141 Å². The number of ether oxygens (including phenoxy) is 1. The van der Waals surface area contributed by atoms with Crippen LogP contribution < -0.4 is 15.0 Å². The lowest BCUT2D eigenvalue weighted by Crippen LogP contribution is -2.49. The Morgan fingerprint density at radius 3 is 2.26 bits per heavy atom. The first-order valence-corrected chi connectivity index (χ1v) is 16.6. The van der Waals surface area contributed by atoms with Crippen molar-refractivity contribution in [1.29, 1.82) is 0 Å². The number of rotatable bonds is 12. The molecule has 2 aromatic heterocycles. The van der Waals surface area contributed by atoms with Crippen LogP contribution in [0, 0.1) is 5.92 Å². The van der Waals surface area contributed by atoms with Crippen molar-refractivity contribution >= 4 is 46.9 Å². The Bertz CT molecular complexity index is 1540. The van der Waals surface area contributed by atoms with E-state index in [1.165, 1.54) is 0 Å². The van der Waals surface area contributed by atoms with E-state index in [2.05, 4.69) is 20.2 Å². The van der Waals surface area contributed by atoms with Crippen molar-refractivity contribution in [2.45, 2.75) is 45.6 Å². The number of nitrogens with zero attached hydrogens (tertiary/aromatic N) is 6. The van der Waals surface area contributed by atoms with Gasteiger partial charge >= 0.3 is 5.97 Å². The Morgan fingerprint density at radius 1 is 0.936 bits per heavy atom. The van der Waals surface area contributed by atoms with Gasteiger partial charge < -0.3 is 25.0 Å². The molecule has 2 fully saturated rings.